The first-order valence-electron chi connectivity index (χ1n) is 9.46. The van der Waals surface area contributed by atoms with Crippen molar-refractivity contribution in [3.8, 4) is 5.75 Å². The molecule has 2 rings (SSSR count). The molecule has 0 fully saturated rings. The first kappa shape index (κ1) is 21.4. The van der Waals surface area contributed by atoms with Crippen LogP contribution in [-0.4, -0.2) is 38.2 Å². The summed E-state index contributed by atoms with van der Waals surface area (Å²) in [6.45, 7) is 4.90. The zero-order chi connectivity index (χ0) is 20.4. The molecule has 0 radical (unpaired) electrons. The van der Waals surface area contributed by atoms with Crippen molar-refractivity contribution in [3.05, 3.63) is 59.7 Å². The third-order valence-electron chi connectivity index (χ3n) is 4.27. The summed E-state index contributed by atoms with van der Waals surface area (Å²) in [6, 6.07) is 14.5. The molecule has 0 saturated carbocycles. The van der Waals surface area contributed by atoms with Gasteiger partial charge in [0.1, 0.15) is 5.75 Å². The molecule has 2 amide bonds. The molecule has 6 heteroatoms. The fourth-order valence-corrected chi connectivity index (χ4v) is 2.68. The van der Waals surface area contributed by atoms with E-state index in [2.05, 4.69) is 10.6 Å². The molecule has 6 nitrogen and oxygen atoms in total. The van der Waals surface area contributed by atoms with Crippen LogP contribution in [-0.2, 0) is 9.53 Å². The van der Waals surface area contributed by atoms with Gasteiger partial charge in [0.15, 0.2) is 6.10 Å². The Balaban J connectivity index is 2.06. The van der Waals surface area contributed by atoms with E-state index in [4.69, 9.17) is 9.47 Å². The van der Waals surface area contributed by atoms with Gasteiger partial charge in [0.2, 0.25) is 0 Å². The van der Waals surface area contributed by atoms with E-state index >= 15 is 0 Å². The highest BCUT2D eigenvalue weighted by molar-refractivity contribution is 6.04. The van der Waals surface area contributed by atoms with Crippen molar-refractivity contribution < 1.29 is 19.1 Å². The van der Waals surface area contributed by atoms with Gasteiger partial charge in [0.25, 0.3) is 11.8 Å². The second-order valence-corrected chi connectivity index (χ2v) is 6.42. The number of carbonyl (C=O) groups is 2. The monoisotopic (exact) mass is 384 g/mol. The largest absolute Gasteiger partial charge is 0.480 e. The lowest BCUT2D eigenvalue weighted by molar-refractivity contribution is -0.122. The number of hydrogen-bond acceptors (Lipinski definition) is 4. The van der Waals surface area contributed by atoms with Gasteiger partial charge in [-0.1, -0.05) is 37.3 Å². The fourth-order valence-electron chi connectivity index (χ4n) is 2.68. The Morgan fingerprint density at radius 1 is 1.07 bits per heavy atom. The van der Waals surface area contributed by atoms with Crippen LogP contribution in [0.1, 0.15) is 35.7 Å². The van der Waals surface area contributed by atoms with E-state index in [0.717, 1.165) is 12.0 Å². The molecular weight excluding hydrogens is 356 g/mol. The number of benzene rings is 2. The summed E-state index contributed by atoms with van der Waals surface area (Å²) in [5.41, 5.74) is 1.84. The zero-order valence-electron chi connectivity index (χ0n) is 16.7. The topological polar surface area (TPSA) is 76.7 Å². The van der Waals surface area contributed by atoms with Crippen LogP contribution in [0.15, 0.2) is 48.5 Å². The minimum absolute atomic E-state index is 0.236. The molecule has 0 heterocycles. The maximum absolute atomic E-state index is 12.7. The van der Waals surface area contributed by atoms with E-state index in [1.165, 1.54) is 0 Å². The summed E-state index contributed by atoms with van der Waals surface area (Å²) in [5.74, 6) is 0.152. The van der Waals surface area contributed by atoms with Crippen LogP contribution >= 0.6 is 0 Å². The lowest BCUT2D eigenvalue weighted by Crippen LogP contribution is -2.34. The van der Waals surface area contributed by atoms with Gasteiger partial charge in [0.05, 0.1) is 11.3 Å². The Morgan fingerprint density at radius 3 is 2.50 bits per heavy atom. The van der Waals surface area contributed by atoms with Crippen LogP contribution in [0.5, 0.6) is 5.75 Å². The second-order valence-electron chi connectivity index (χ2n) is 6.42. The zero-order valence-corrected chi connectivity index (χ0v) is 16.7. The van der Waals surface area contributed by atoms with Crippen molar-refractivity contribution in [2.24, 2.45) is 0 Å². The molecule has 0 aliphatic heterocycles. The van der Waals surface area contributed by atoms with Crippen molar-refractivity contribution in [2.75, 3.05) is 25.6 Å². The number of aryl methyl sites for hydroxylation is 1. The molecule has 1 atom stereocenters. The molecular formula is C22H28N2O4. The predicted octanol–water partition coefficient (Wildman–Crippen LogP) is 3.56. The summed E-state index contributed by atoms with van der Waals surface area (Å²) in [7, 11) is 1.62. The number of para-hydroxylation sites is 2. The number of anilines is 1. The van der Waals surface area contributed by atoms with Crippen molar-refractivity contribution in [3.63, 3.8) is 0 Å². The maximum Gasteiger partial charge on any atom is 0.265 e. The summed E-state index contributed by atoms with van der Waals surface area (Å²) in [5, 5.41) is 5.67. The molecule has 2 N–H and O–H groups in total. The molecule has 1 unspecified atom stereocenters. The van der Waals surface area contributed by atoms with Crippen LogP contribution in [0, 0.1) is 6.92 Å². The quantitative estimate of drug-likeness (QED) is 0.614. The minimum Gasteiger partial charge on any atom is -0.480 e. The first-order chi connectivity index (χ1) is 13.6. The second kappa shape index (κ2) is 11.1. The van der Waals surface area contributed by atoms with E-state index in [1.54, 1.807) is 31.4 Å². The Bertz CT molecular complexity index is 792. The summed E-state index contributed by atoms with van der Waals surface area (Å²) in [4.78, 5) is 25.2. The Kier molecular flexibility index (Phi) is 8.49. The SMILES string of the molecule is CCC(Oc1ccccc1C)C(=O)Nc1ccccc1C(=O)NCCCOC. The molecule has 0 aliphatic rings. The standard InChI is InChI=1S/C22H28N2O4/c1-4-19(28-20-13-8-5-10-16(20)2)22(26)24-18-12-7-6-11-17(18)21(25)23-14-9-15-27-3/h5-8,10-13,19H,4,9,14-15H2,1-3H3,(H,23,25)(H,24,26). The van der Waals surface area contributed by atoms with Crippen molar-refractivity contribution >= 4 is 17.5 Å². The highest BCUT2D eigenvalue weighted by Gasteiger charge is 2.21. The van der Waals surface area contributed by atoms with Gasteiger partial charge in [-0.2, -0.15) is 0 Å². The van der Waals surface area contributed by atoms with Gasteiger partial charge in [-0.3, -0.25) is 9.59 Å². The maximum atomic E-state index is 12.7. The normalized spacial score (nSPS) is 11.5. The van der Waals surface area contributed by atoms with Crippen LogP contribution in [0.4, 0.5) is 5.69 Å². The van der Waals surface area contributed by atoms with Gasteiger partial charge in [0, 0.05) is 20.3 Å². The molecule has 0 bridgehead atoms. The number of hydrogen-bond donors (Lipinski definition) is 2. The number of rotatable bonds is 10. The summed E-state index contributed by atoms with van der Waals surface area (Å²) in [6.07, 6.45) is 0.573. The van der Waals surface area contributed by atoms with Gasteiger partial charge in [-0.25, -0.2) is 0 Å². The first-order valence-corrected chi connectivity index (χ1v) is 9.46. The number of carbonyl (C=O) groups excluding carboxylic acids is 2. The van der Waals surface area contributed by atoms with Crippen molar-refractivity contribution in [1.29, 1.82) is 0 Å². The molecule has 28 heavy (non-hydrogen) atoms. The third kappa shape index (κ3) is 6.09. The molecule has 2 aromatic carbocycles. The average Bonchev–Trinajstić information content (AvgIpc) is 2.70. The predicted molar refractivity (Wildman–Crippen MR) is 110 cm³/mol. The van der Waals surface area contributed by atoms with E-state index in [1.807, 2.05) is 38.1 Å². The van der Waals surface area contributed by atoms with Crippen LogP contribution in [0.3, 0.4) is 0 Å². The highest BCUT2D eigenvalue weighted by atomic mass is 16.5. The summed E-state index contributed by atoms with van der Waals surface area (Å²) < 4.78 is 10.9. The molecule has 0 spiro atoms. The Morgan fingerprint density at radius 2 is 1.79 bits per heavy atom. The van der Waals surface area contributed by atoms with Crippen LogP contribution in [0.25, 0.3) is 0 Å². The Labute approximate surface area is 166 Å². The number of nitrogens with one attached hydrogen (secondary N) is 2. The molecule has 0 saturated heterocycles. The fraction of sp³-hybridized carbons (Fsp3) is 0.364. The van der Waals surface area contributed by atoms with E-state index in [0.29, 0.717) is 36.6 Å². The van der Waals surface area contributed by atoms with Crippen molar-refractivity contribution in [1.82, 2.24) is 5.32 Å². The van der Waals surface area contributed by atoms with Crippen molar-refractivity contribution in [2.45, 2.75) is 32.8 Å². The third-order valence-corrected chi connectivity index (χ3v) is 4.27. The number of amides is 2. The lowest BCUT2D eigenvalue weighted by atomic mass is 10.1. The van der Waals surface area contributed by atoms with Crippen LogP contribution in [0.2, 0.25) is 0 Å². The molecule has 2 aromatic rings. The Hall–Kier alpha value is -2.86. The summed E-state index contributed by atoms with van der Waals surface area (Å²) >= 11 is 0. The van der Waals surface area contributed by atoms with Gasteiger partial charge < -0.3 is 20.1 Å². The van der Waals surface area contributed by atoms with Gasteiger partial charge in [-0.15, -0.1) is 0 Å². The molecule has 0 aromatic heterocycles. The van der Waals surface area contributed by atoms with Crippen LogP contribution < -0.4 is 15.4 Å². The smallest absolute Gasteiger partial charge is 0.265 e. The van der Waals surface area contributed by atoms with Gasteiger partial charge in [-0.05, 0) is 43.5 Å². The van der Waals surface area contributed by atoms with E-state index in [9.17, 15) is 9.59 Å². The van der Waals surface area contributed by atoms with E-state index in [-0.39, 0.29) is 11.8 Å². The minimum atomic E-state index is -0.654. The number of ether oxygens (including phenoxy) is 2. The van der Waals surface area contributed by atoms with E-state index < -0.39 is 6.10 Å². The lowest BCUT2D eigenvalue weighted by Gasteiger charge is -2.19. The van der Waals surface area contributed by atoms with Gasteiger partial charge >= 0.3 is 0 Å². The number of methoxy groups -OCH3 is 1. The average molecular weight is 384 g/mol. The molecule has 0 aliphatic carbocycles. The molecule has 150 valence electrons. The highest BCUT2D eigenvalue weighted by Crippen LogP contribution is 2.21.